The van der Waals surface area contributed by atoms with Crippen molar-refractivity contribution in [2.24, 2.45) is 11.7 Å². The molecule has 3 nitrogen and oxygen atoms in total. The molecule has 98 valence electrons. The normalized spacial score (nSPS) is 19.9. The third-order valence-corrected chi connectivity index (χ3v) is 4.18. The van der Waals surface area contributed by atoms with Crippen LogP contribution in [0.25, 0.3) is 0 Å². The molecular weight excluding hydrogens is 290 g/mol. The van der Waals surface area contributed by atoms with Gasteiger partial charge in [-0.25, -0.2) is 0 Å². The van der Waals surface area contributed by atoms with Crippen LogP contribution in [-0.4, -0.2) is 18.9 Å². The predicted molar refractivity (Wildman–Crippen MR) is 80.4 cm³/mol. The number of halogens is 1. The molecule has 1 fully saturated rings. The zero-order valence-electron chi connectivity index (χ0n) is 10.7. The quantitative estimate of drug-likeness (QED) is 0.664. The molecule has 1 aromatic carbocycles. The molecule has 0 radical (unpaired) electrons. The van der Waals surface area contributed by atoms with Crippen molar-refractivity contribution in [1.29, 1.82) is 5.41 Å². The van der Waals surface area contributed by atoms with Crippen LogP contribution in [0.2, 0.25) is 0 Å². The van der Waals surface area contributed by atoms with Crippen LogP contribution in [0.3, 0.4) is 0 Å². The molecule has 1 aliphatic heterocycles. The standard InChI is InChI=1S/C14H20BrN3/c1-2-10-4-3-7-18(9-10)13-8-11(15)5-6-12(13)14(16)17/h5-6,8,10H,2-4,7,9H2,1H3,(H3,16,17). The number of hydrogen-bond acceptors (Lipinski definition) is 2. The van der Waals surface area contributed by atoms with Crippen molar-refractivity contribution in [3.63, 3.8) is 0 Å². The second-order valence-corrected chi connectivity index (χ2v) is 5.85. The van der Waals surface area contributed by atoms with Gasteiger partial charge in [0.1, 0.15) is 5.84 Å². The summed E-state index contributed by atoms with van der Waals surface area (Å²) in [4.78, 5) is 2.37. The van der Waals surface area contributed by atoms with Crippen molar-refractivity contribution in [3.8, 4) is 0 Å². The van der Waals surface area contributed by atoms with Gasteiger partial charge in [0.25, 0.3) is 0 Å². The molecule has 0 bridgehead atoms. The minimum Gasteiger partial charge on any atom is -0.384 e. The van der Waals surface area contributed by atoms with Gasteiger partial charge in [-0.05, 0) is 37.0 Å². The van der Waals surface area contributed by atoms with E-state index >= 15 is 0 Å². The van der Waals surface area contributed by atoms with Gasteiger partial charge in [0.05, 0.1) is 0 Å². The summed E-state index contributed by atoms with van der Waals surface area (Å²) >= 11 is 3.51. The summed E-state index contributed by atoms with van der Waals surface area (Å²) in [7, 11) is 0. The molecular formula is C14H20BrN3. The van der Waals surface area contributed by atoms with Crippen molar-refractivity contribution >= 4 is 27.5 Å². The number of nitrogens with one attached hydrogen (secondary N) is 1. The maximum absolute atomic E-state index is 7.70. The van der Waals surface area contributed by atoms with Crippen LogP contribution in [0.1, 0.15) is 31.7 Å². The van der Waals surface area contributed by atoms with Crippen LogP contribution in [0.15, 0.2) is 22.7 Å². The third-order valence-electron chi connectivity index (χ3n) is 3.69. The second kappa shape index (κ2) is 5.74. The van der Waals surface area contributed by atoms with Crippen molar-refractivity contribution in [1.82, 2.24) is 0 Å². The smallest absolute Gasteiger partial charge is 0.124 e. The summed E-state index contributed by atoms with van der Waals surface area (Å²) in [6, 6.07) is 5.95. The summed E-state index contributed by atoms with van der Waals surface area (Å²) < 4.78 is 1.04. The lowest BCUT2D eigenvalue weighted by Crippen LogP contribution is -2.36. The molecule has 18 heavy (non-hydrogen) atoms. The Morgan fingerprint density at radius 3 is 3.00 bits per heavy atom. The summed E-state index contributed by atoms with van der Waals surface area (Å²) in [6.07, 6.45) is 3.76. The minimum atomic E-state index is 0.149. The van der Waals surface area contributed by atoms with Gasteiger partial charge in [0.15, 0.2) is 0 Å². The van der Waals surface area contributed by atoms with Gasteiger partial charge in [-0.1, -0.05) is 29.3 Å². The number of hydrogen-bond donors (Lipinski definition) is 2. The van der Waals surface area contributed by atoms with Crippen LogP contribution in [-0.2, 0) is 0 Å². The Morgan fingerprint density at radius 1 is 1.56 bits per heavy atom. The predicted octanol–water partition coefficient (Wildman–Crippen LogP) is 3.36. The Kier molecular flexibility index (Phi) is 4.27. The zero-order chi connectivity index (χ0) is 13.1. The number of nitrogen functional groups attached to an aromatic ring is 1. The summed E-state index contributed by atoms with van der Waals surface area (Å²) in [5.74, 6) is 0.911. The minimum absolute atomic E-state index is 0.149. The van der Waals surface area contributed by atoms with E-state index in [-0.39, 0.29) is 5.84 Å². The molecule has 0 spiro atoms. The van der Waals surface area contributed by atoms with Crippen LogP contribution in [0.4, 0.5) is 5.69 Å². The molecule has 0 amide bonds. The van der Waals surface area contributed by atoms with Crippen molar-refractivity contribution in [2.75, 3.05) is 18.0 Å². The Bertz CT molecular complexity index is 445. The highest BCUT2D eigenvalue weighted by Crippen LogP contribution is 2.29. The summed E-state index contributed by atoms with van der Waals surface area (Å²) in [5.41, 5.74) is 7.61. The second-order valence-electron chi connectivity index (χ2n) is 4.94. The molecule has 0 aromatic heterocycles. The van der Waals surface area contributed by atoms with Crippen LogP contribution < -0.4 is 10.6 Å². The van der Waals surface area contributed by atoms with E-state index in [1.807, 2.05) is 12.1 Å². The number of rotatable bonds is 3. The first-order chi connectivity index (χ1) is 8.61. The fourth-order valence-corrected chi connectivity index (χ4v) is 2.96. The Hall–Kier alpha value is -1.03. The lowest BCUT2D eigenvalue weighted by molar-refractivity contribution is 0.404. The Labute approximate surface area is 117 Å². The van der Waals surface area contributed by atoms with Gasteiger partial charge < -0.3 is 10.6 Å². The average Bonchev–Trinajstić information content (AvgIpc) is 2.38. The molecule has 0 aliphatic carbocycles. The number of anilines is 1. The van der Waals surface area contributed by atoms with E-state index in [0.29, 0.717) is 0 Å². The summed E-state index contributed by atoms with van der Waals surface area (Å²) in [6.45, 7) is 4.39. The molecule has 3 N–H and O–H groups in total. The fraction of sp³-hybridized carbons (Fsp3) is 0.500. The van der Waals surface area contributed by atoms with Gasteiger partial charge in [-0.3, -0.25) is 5.41 Å². The Morgan fingerprint density at radius 2 is 2.33 bits per heavy atom. The molecule has 1 heterocycles. The number of benzene rings is 1. The van der Waals surface area contributed by atoms with Gasteiger partial charge >= 0.3 is 0 Å². The van der Waals surface area contributed by atoms with Gasteiger partial charge in [0, 0.05) is 28.8 Å². The molecule has 1 saturated heterocycles. The largest absolute Gasteiger partial charge is 0.384 e. The van der Waals surface area contributed by atoms with Gasteiger partial charge in [-0.15, -0.1) is 0 Å². The lowest BCUT2D eigenvalue weighted by Gasteiger charge is -2.35. The molecule has 1 unspecified atom stereocenters. The number of nitrogens with two attached hydrogens (primary N) is 1. The maximum atomic E-state index is 7.70. The molecule has 1 aromatic rings. The molecule has 1 aliphatic rings. The first-order valence-corrected chi connectivity index (χ1v) is 7.30. The third kappa shape index (κ3) is 2.86. The lowest BCUT2D eigenvalue weighted by atomic mass is 9.94. The van der Waals surface area contributed by atoms with Gasteiger partial charge in [-0.2, -0.15) is 0 Å². The molecule has 1 atom stereocenters. The monoisotopic (exact) mass is 309 g/mol. The first kappa shape index (κ1) is 13.4. The van der Waals surface area contributed by atoms with E-state index in [1.165, 1.54) is 19.3 Å². The maximum Gasteiger partial charge on any atom is 0.124 e. The average molecular weight is 310 g/mol. The van der Waals surface area contributed by atoms with E-state index in [9.17, 15) is 0 Å². The molecule has 2 rings (SSSR count). The van der Waals surface area contributed by atoms with E-state index in [1.54, 1.807) is 0 Å². The van der Waals surface area contributed by atoms with Crippen LogP contribution in [0.5, 0.6) is 0 Å². The van der Waals surface area contributed by atoms with E-state index < -0.39 is 0 Å². The zero-order valence-corrected chi connectivity index (χ0v) is 12.3. The topological polar surface area (TPSA) is 53.1 Å². The molecule has 4 heteroatoms. The van der Waals surface area contributed by atoms with Crippen molar-refractivity contribution < 1.29 is 0 Å². The number of piperidine rings is 1. The summed E-state index contributed by atoms with van der Waals surface area (Å²) in [5, 5.41) is 7.70. The highest BCUT2D eigenvalue weighted by molar-refractivity contribution is 9.10. The van der Waals surface area contributed by atoms with Crippen LogP contribution >= 0.6 is 15.9 Å². The van der Waals surface area contributed by atoms with Crippen molar-refractivity contribution in [2.45, 2.75) is 26.2 Å². The molecule has 0 saturated carbocycles. The van der Waals surface area contributed by atoms with Crippen LogP contribution in [0, 0.1) is 11.3 Å². The Balaban J connectivity index is 2.31. The van der Waals surface area contributed by atoms with E-state index in [2.05, 4.69) is 33.8 Å². The highest BCUT2D eigenvalue weighted by Gasteiger charge is 2.21. The number of nitrogens with zero attached hydrogens (tertiary/aromatic N) is 1. The van der Waals surface area contributed by atoms with Crippen molar-refractivity contribution in [3.05, 3.63) is 28.2 Å². The van der Waals surface area contributed by atoms with Gasteiger partial charge in [0.2, 0.25) is 0 Å². The first-order valence-electron chi connectivity index (χ1n) is 6.50. The van der Waals surface area contributed by atoms with E-state index in [4.69, 9.17) is 11.1 Å². The number of amidine groups is 1. The fourth-order valence-electron chi connectivity index (χ4n) is 2.61. The highest BCUT2D eigenvalue weighted by atomic mass is 79.9. The van der Waals surface area contributed by atoms with E-state index in [0.717, 1.165) is 34.7 Å². The SMILES string of the molecule is CCC1CCCN(c2cc(Br)ccc2C(=N)N)C1.